The molecular formula is C15H11N3O. The second kappa shape index (κ2) is 5.32. The maximum absolute atomic E-state index is 5.62. The van der Waals surface area contributed by atoms with Crippen LogP contribution in [0.1, 0.15) is 18.0 Å². The summed E-state index contributed by atoms with van der Waals surface area (Å²) in [5.74, 6) is 6.75. The Kier molecular flexibility index (Phi) is 3.20. The molecule has 0 unspecified atom stereocenters. The lowest BCUT2D eigenvalue weighted by Crippen LogP contribution is -1.84. The summed E-state index contributed by atoms with van der Waals surface area (Å²) in [5.41, 5.74) is 2.44. The van der Waals surface area contributed by atoms with Crippen molar-refractivity contribution in [3.05, 3.63) is 54.4 Å². The highest BCUT2D eigenvalue weighted by atomic mass is 16.3. The minimum absolute atomic E-state index is 0.691. The summed E-state index contributed by atoms with van der Waals surface area (Å²) in [5, 5.41) is 0. The summed E-state index contributed by atoms with van der Waals surface area (Å²) in [6.45, 7) is 0. The first kappa shape index (κ1) is 11.4. The number of oxazole rings is 1. The van der Waals surface area contributed by atoms with Gasteiger partial charge in [-0.1, -0.05) is 18.1 Å². The van der Waals surface area contributed by atoms with Gasteiger partial charge in [-0.3, -0.25) is 0 Å². The lowest BCUT2D eigenvalue weighted by Gasteiger charge is -1.87. The topological polar surface area (TPSA) is 51.8 Å². The van der Waals surface area contributed by atoms with E-state index in [-0.39, 0.29) is 0 Å². The number of rotatable bonds is 2. The normalized spacial score (nSPS) is 10.1. The molecule has 0 saturated carbocycles. The molecule has 0 saturated heterocycles. The standard InChI is InChI=1S/C15H11N3O/c1(5-12-9-10-16-11-17-12)4-8-15-18-13-6-2-3-7-14(13)19-15/h2-3,6-7,9-11H,4,8H2. The molecule has 0 radical (unpaired) electrons. The van der Waals surface area contributed by atoms with E-state index >= 15 is 0 Å². The van der Waals surface area contributed by atoms with Gasteiger partial charge in [-0.15, -0.1) is 0 Å². The van der Waals surface area contributed by atoms with Gasteiger partial charge in [0.1, 0.15) is 17.5 Å². The summed E-state index contributed by atoms with van der Waals surface area (Å²) >= 11 is 0. The number of hydrogen-bond donors (Lipinski definition) is 0. The molecule has 19 heavy (non-hydrogen) atoms. The van der Waals surface area contributed by atoms with Crippen molar-refractivity contribution >= 4 is 11.1 Å². The molecule has 4 nitrogen and oxygen atoms in total. The average Bonchev–Trinajstić information content (AvgIpc) is 2.87. The van der Waals surface area contributed by atoms with E-state index in [0.29, 0.717) is 12.8 Å². The fourth-order valence-electron chi connectivity index (χ4n) is 1.71. The van der Waals surface area contributed by atoms with E-state index in [1.165, 1.54) is 6.33 Å². The molecule has 4 heteroatoms. The molecule has 0 aliphatic heterocycles. The highest BCUT2D eigenvalue weighted by Crippen LogP contribution is 2.15. The van der Waals surface area contributed by atoms with Crippen molar-refractivity contribution in [3.8, 4) is 11.8 Å². The van der Waals surface area contributed by atoms with E-state index in [4.69, 9.17) is 4.42 Å². The molecule has 0 amide bonds. The first-order chi connectivity index (χ1) is 9.42. The highest BCUT2D eigenvalue weighted by molar-refractivity contribution is 5.72. The Labute approximate surface area is 110 Å². The zero-order valence-corrected chi connectivity index (χ0v) is 10.2. The Bertz CT molecular complexity index is 705. The molecule has 3 rings (SSSR count). The Morgan fingerprint density at radius 1 is 1.16 bits per heavy atom. The van der Waals surface area contributed by atoms with Gasteiger partial charge in [0.2, 0.25) is 0 Å². The van der Waals surface area contributed by atoms with Crippen molar-refractivity contribution in [2.75, 3.05) is 0 Å². The second-order valence-corrected chi connectivity index (χ2v) is 3.97. The third-order valence-corrected chi connectivity index (χ3v) is 2.60. The van der Waals surface area contributed by atoms with E-state index in [0.717, 1.165) is 22.7 Å². The fraction of sp³-hybridized carbons (Fsp3) is 0.133. The molecule has 92 valence electrons. The number of aryl methyl sites for hydroxylation is 1. The Hall–Kier alpha value is -2.67. The summed E-state index contributed by atoms with van der Waals surface area (Å²) in [6.07, 6.45) is 4.56. The summed E-state index contributed by atoms with van der Waals surface area (Å²) in [4.78, 5) is 12.3. The smallest absolute Gasteiger partial charge is 0.196 e. The minimum Gasteiger partial charge on any atom is -0.441 e. The lowest BCUT2D eigenvalue weighted by molar-refractivity contribution is 0.531. The van der Waals surface area contributed by atoms with Crippen LogP contribution in [0.4, 0.5) is 0 Å². The van der Waals surface area contributed by atoms with Crippen LogP contribution in [0.15, 0.2) is 47.3 Å². The van der Waals surface area contributed by atoms with Crippen molar-refractivity contribution in [2.45, 2.75) is 12.8 Å². The van der Waals surface area contributed by atoms with Crippen LogP contribution in [0.25, 0.3) is 11.1 Å². The van der Waals surface area contributed by atoms with Gasteiger partial charge in [0.05, 0.1) is 0 Å². The predicted molar refractivity (Wildman–Crippen MR) is 71.2 cm³/mol. The third kappa shape index (κ3) is 2.78. The second-order valence-electron chi connectivity index (χ2n) is 3.97. The van der Waals surface area contributed by atoms with Crippen molar-refractivity contribution in [2.24, 2.45) is 0 Å². The van der Waals surface area contributed by atoms with Gasteiger partial charge in [0.25, 0.3) is 0 Å². The van der Waals surface area contributed by atoms with E-state index in [1.54, 1.807) is 12.3 Å². The summed E-state index contributed by atoms with van der Waals surface area (Å²) in [7, 11) is 0. The molecule has 3 aromatic rings. The summed E-state index contributed by atoms with van der Waals surface area (Å²) in [6, 6.07) is 9.52. The van der Waals surface area contributed by atoms with Crippen LogP contribution in [0.2, 0.25) is 0 Å². The molecule has 0 bridgehead atoms. The Morgan fingerprint density at radius 2 is 2.11 bits per heavy atom. The predicted octanol–water partition coefficient (Wildman–Crippen LogP) is 2.60. The molecule has 1 aromatic carbocycles. The van der Waals surface area contributed by atoms with Crippen LogP contribution in [-0.2, 0) is 6.42 Å². The Morgan fingerprint density at radius 3 is 2.95 bits per heavy atom. The average molecular weight is 249 g/mol. The monoisotopic (exact) mass is 249 g/mol. The van der Waals surface area contributed by atoms with E-state index < -0.39 is 0 Å². The highest BCUT2D eigenvalue weighted by Gasteiger charge is 2.03. The molecule has 2 aromatic heterocycles. The lowest BCUT2D eigenvalue weighted by atomic mass is 10.3. The first-order valence-corrected chi connectivity index (χ1v) is 6.01. The molecular weight excluding hydrogens is 238 g/mol. The van der Waals surface area contributed by atoms with Gasteiger partial charge in [0, 0.05) is 19.0 Å². The van der Waals surface area contributed by atoms with E-state index in [2.05, 4.69) is 26.8 Å². The molecule has 0 fully saturated rings. The summed E-state index contributed by atoms with van der Waals surface area (Å²) < 4.78 is 5.62. The molecule has 0 aliphatic rings. The van der Waals surface area contributed by atoms with Gasteiger partial charge in [-0.05, 0) is 24.1 Å². The van der Waals surface area contributed by atoms with Gasteiger partial charge < -0.3 is 4.42 Å². The minimum atomic E-state index is 0.691. The number of fused-ring (bicyclic) bond motifs is 1. The molecule has 0 aliphatic carbocycles. The quantitative estimate of drug-likeness (QED) is 0.655. The number of hydrogen-bond acceptors (Lipinski definition) is 4. The van der Waals surface area contributed by atoms with Crippen LogP contribution in [-0.4, -0.2) is 15.0 Å². The van der Waals surface area contributed by atoms with Crippen LogP contribution in [0.3, 0.4) is 0 Å². The van der Waals surface area contributed by atoms with Crippen molar-refractivity contribution in [1.82, 2.24) is 15.0 Å². The molecule has 0 spiro atoms. The number of para-hydroxylation sites is 2. The molecule has 0 N–H and O–H groups in total. The van der Waals surface area contributed by atoms with Crippen molar-refractivity contribution < 1.29 is 4.42 Å². The zero-order chi connectivity index (χ0) is 12.9. The largest absolute Gasteiger partial charge is 0.441 e. The SMILES string of the molecule is C(#Cc1ccncn1)CCc1nc2ccccc2o1. The zero-order valence-electron chi connectivity index (χ0n) is 10.2. The van der Waals surface area contributed by atoms with Crippen molar-refractivity contribution in [3.63, 3.8) is 0 Å². The van der Waals surface area contributed by atoms with Gasteiger partial charge in [-0.25, -0.2) is 15.0 Å². The maximum Gasteiger partial charge on any atom is 0.196 e. The number of aromatic nitrogens is 3. The molecule has 0 atom stereocenters. The van der Waals surface area contributed by atoms with E-state index in [9.17, 15) is 0 Å². The van der Waals surface area contributed by atoms with Crippen LogP contribution < -0.4 is 0 Å². The van der Waals surface area contributed by atoms with Crippen molar-refractivity contribution in [1.29, 1.82) is 0 Å². The Balaban J connectivity index is 1.65. The van der Waals surface area contributed by atoms with Gasteiger partial charge in [0.15, 0.2) is 11.5 Å². The number of benzene rings is 1. The van der Waals surface area contributed by atoms with Crippen LogP contribution in [0, 0.1) is 11.8 Å². The van der Waals surface area contributed by atoms with Crippen LogP contribution in [0.5, 0.6) is 0 Å². The number of nitrogens with zero attached hydrogens (tertiary/aromatic N) is 3. The fourth-order valence-corrected chi connectivity index (χ4v) is 1.71. The van der Waals surface area contributed by atoms with Crippen LogP contribution >= 0.6 is 0 Å². The first-order valence-electron chi connectivity index (χ1n) is 6.01. The molecule has 2 heterocycles. The van der Waals surface area contributed by atoms with Gasteiger partial charge in [-0.2, -0.15) is 0 Å². The third-order valence-electron chi connectivity index (χ3n) is 2.60. The van der Waals surface area contributed by atoms with Gasteiger partial charge >= 0.3 is 0 Å². The van der Waals surface area contributed by atoms with E-state index in [1.807, 2.05) is 24.3 Å². The maximum atomic E-state index is 5.62.